The van der Waals surface area contributed by atoms with Gasteiger partial charge in [-0.3, -0.25) is 4.79 Å². The van der Waals surface area contributed by atoms with Gasteiger partial charge in [-0.15, -0.1) is 13.2 Å². The number of hydrogen-bond acceptors (Lipinski definition) is 4. The molecule has 0 saturated carbocycles. The molecule has 5 nitrogen and oxygen atoms in total. The number of anilines is 1. The monoisotopic (exact) mass is 394 g/mol. The molecule has 2 N–H and O–H groups in total. The molecule has 1 aliphatic rings. The third kappa shape index (κ3) is 5.39. The van der Waals surface area contributed by atoms with Crippen molar-refractivity contribution in [1.29, 1.82) is 0 Å². The number of halogens is 3. The summed E-state index contributed by atoms with van der Waals surface area (Å²) in [5.74, 6) is -0.506. The summed E-state index contributed by atoms with van der Waals surface area (Å²) in [5, 5.41) is 12.4. The van der Waals surface area contributed by atoms with Crippen LogP contribution in [0.4, 0.5) is 18.9 Å². The molecule has 1 amide bonds. The summed E-state index contributed by atoms with van der Waals surface area (Å²) >= 11 is 0. The van der Waals surface area contributed by atoms with Gasteiger partial charge < -0.3 is 20.1 Å². The Morgan fingerprint density at radius 1 is 1.11 bits per heavy atom. The number of rotatable bonds is 5. The zero-order valence-electron chi connectivity index (χ0n) is 15.1. The Labute approximate surface area is 160 Å². The van der Waals surface area contributed by atoms with Crippen LogP contribution in [-0.4, -0.2) is 48.0 Å². The van der Waals surface area contributed by atoms with E-state index in [4.69, 9.17) is 5.11 Å². The van der Waals surface area contributed by atoms with Crippen LogP contribution in [0.5, 0.6) is 5.75 Å². The van der Waals surface area contributed by atoms with E-state index in [0.717, 1.165) is 29.7 Å². The van der Waals surface area contributed by atoms with Crippen LogP contribution in [0.25, 0.3) is 11.1 Å². The molecule has 0 aromatic heterocycles. The Bertz CT molecular complexity index is 801. The quantitative estimate of drug-likeness (QED) is 0.813. The first-order valence-corrected chi connectivity index (χ1v) is 8.95. The Balaban J connectivity index is 1.62. The van der Waals surface area contributed by atoms with Crippen LogP contribution in [0.2, 0.25) is 0 Å². The highest BCUT2D eigenvalue weighted by molar-refractivity contribution is 5.77. The SMILES string of the molecule is O=C(CO)N1CCC(Nc2cccc(-c3ccc(OC(F)(F)F)cc3)c2)CC1. The average Bonchev–Trinajstić information content (AvgIpc) is 2.67. The largest absolute Gasteiger partial charge is 0.573 e. The molecule has 0 bridgehead atoms. The predicted octanol–water partition coefficient (Wildman–Crippen LogP) is 3.65. The minimum atomic E-state index is -4.71. The number of piperidine rings is 1. The number of ether oxygens (including phenoxy) is 1. The minimum absolute atomic E-state index is 0.209. The van der Waals surface area contributed by atoms with Gasteiger partial charge in [-0.1, -0.05) is 24.3 Å². The molecule has 8 heteroatoms. The normalized spacial score (nSPS) is 15.4. The first-order chi connectivity index (χ1) is 13.3. The molecule has 1 heterocycles. The average molecular weight is 394 g/mol. The lowest BCUT2D eigenvalue weighted by atomic mass is 10.0. The van der Waals surface area contributed by atoms with Crippen molar-refractivity contribution in [3.05, 3.63) is 48.5 Å². The second-order valence-electron chi connectivity index (χ2n) is 6.61. The van der Waals surface area contributed by atoms with Crippen molar-refractivity contribution in [2.45, 2.75) is 25.2 Å². The molecule has 0 atom stereocenters. The summed E-state index contributed by atoms with van der Waals surface area (Å²) in [5.41, 5.74) is 2.55. The van der Waals surface area contributed by atoms with Gasteiger partial charge in [0.05, 0.1) is 0 Å². The van der Waals surface area contributed by atoms with Crippen LogP contribution in [0.1, 0.15) is 12.8 Å². The smallest absolute Gasteiger partial charge is 0.406 e. The summed E-state index contributed by atoms with van der Waals surface area (Å²) in [4.78, 5) is 13.2. The number of benzene rings is 2. The second kappa shape index (κ2) is 8.52. The summed E-state index contributed by atoms with van der Waals surface area (Å²) in [6.45, 7) is 0.724. The first kappa shape index (κ1) is 20.0. The van der Waals surface area contributed by atoms with E-state index in [0.29, 0.717) is 13.1 Å². The van der Waals surface area contributed by atoms with Gasteiger partial charge in [-0.25, -0.2) is 0 Å². The number of aliphatic hydroxyl groups is 1. The fourth-order valence-electron chi connectivity index (χ4n) is 3.25. The van der Waals surface area contributed by atoms with E-state index >= 15 is 0 Å². The number of carbonyl (C=O) groups excluding carboxylic acids is 1. The maximum Gasteiger partial charge on any atom is 0.573 e. The van der Waals surface area contributed by atoms with Gasteiger partial charge in [0.25, 0.3) is 0 Å². The molecule has 0 aliphatic carbocycles. The topological polar surface area (TPSA) is 61.8 Å². The van der Waals surface area contributed by atoms with Gasteiger partial charge in [-0.2, -0.15) is 0 Å². The van der Waals surface area contributed by atoms with Crippen LogP contribution >= 0.6 is 0 Å². The highest BCUT2D eigenvalue weighted by atomic mass is 19.4. The van der Waals surface area contributed by atoms with Crippen molar-refractivity contribution in [2.75, 3.05) is 25.0 Å². The number of nitrogens with zero attached hydrogens (tertiary/aromatic N) is 1. The van der Waals surface area contributed by atoms with Crippen LogP contribution in [-0.2, 0) is 4.79 Å². The molecule has 0 radical (unpaired) electrons. The molecule has 2 aromatic rings. The van der Waals surface area contributed by atoms with Crippen LogP contribution in [0.3, 0.4) is 0 Å². The molecule has 150 valence electrons. The molecule has 1 aliphatic heterocycles. The number of carbonyl (C=O) groups is 1. The summed E-state index contributed by atoms with van der Waals surface area (Å²) in [7, 11) is 0. The van der Waals surface area contributed by atoms with Gasteiger partial charge in [0, 0.05) is 24.8 Å². The van der Waals surface area contributed by atoms with Crippen molar-refractivity contribution in [3.8, 4) is 16.9 Å². The molecule has 0 spiro atoms. The second-order valence-corrected chi connectivity index (χ2v) is 6.61. The van der Waals surface area contributed by atoms with Gasteiger partial charge in [0.15, 0.2) is 0 Å². The fourth-order valence-corrected chi connectivity index (χ4v) is 3.25. The first-order valence-electron chi connectivity index (χ1n) is 8.95. The number of amides is 1. The van der Waals surface area contributed by atoms with E-state index in [1.54, 1.807) is 17.0 Å². The van der Waals surface area contributed by atoms with E-state index < -0.39 is 13.0 Å². The van der Waals surface area contributed by atoms with E-state index in [2.05, 4.69) is 10.1 Å². The maximum absolute atomic E-state index is 12.3. The lowest BCUT2D eigenvalue weighted by Gasteiger charge is -2.32. The van der Waals surface area contributed by atoms with Crippen LogP contribution in [0.15, 0.2) is 48.5 Å². The van der Waals surface area contributed by atoms with E-state index in [1.165, 1.54) is 12.1 Å². The lowest BCUT2D eigenvalue weighted by Crippen LogP contribution is -2.43. The molecule has 28 heavy (non-hydrogen) atoms. The summed E-state index contributed by atoms with van der Waals surface area (Å²) in [6.07, 6.45) is -3.15. The summed E-state index contributed by atoms with van der Waals surface area (Å²) < 4.78 is 40.7. The van der Waals surface area contributed by atoms with Gasteiger partial charge in [0.2, 0.25) is 5.91 Å². The van der Waals surface area contributed by atoms with E-state index in [1.807, 2.05) is 24.3 Å². The standard InChI is InChI=1S/C20H21F3N2O3/c21-20(22,23)28-18-6-4-14(5-7-18)15-2-1-3-17(12-15)24-16-8-10-25(11-9-16)19(27)13-26/h1-7,12,16,24,26H,8-11,13H2. The molecule has 1 saturated heterocycles. The number of alkyl halides is 3. The zero-order valence-corrected chi connectivity index (χ0v) is 15.1. The van der Waals surface area contributed by atoms with Crippen molar-refractivity contribution < 1.29 is 27.8 Å². The minimum Gasteiger partial charge on any atom is -0.406 e. The fraction of sp³-hybridized carbons (Fsp3) is 0.350. The molecule has 2 aromatic carbocycles. The summed E-state index contributed by atoms with van der Waals surface area (Å²) in [6, 6.07) is 13.6. The Morgan fingerprint density at radius 3 is 2.39 bits per heavy atom. The Kier molecular flexibility index (Phi) is 6.08. The number of likely N-dealkylation sites (tertiary alicyclic amines) is 1. The Morgan fingerprint density at radius 2 is 1.79 bits per heavy atom. The number of hydrogen-bond donors (Lipinski definition) is 2. The van der Waals surface area contributed by atoms with Crippen LogP contribution < -0.4 is 10.1 Å². The lowest BCUT2D eigenvalue weighted by molar-refractivity contribution is -0.274. The Hall–Kier alpha value is -2.74. The third-order valence-electron chi connectivity index (χ3n) is 4.64. The number of nitrogens with one attached hydrogen (secondary N) is 1. The molecular formula is C20H21F3N2O3. The molecular weight excluding hydrogens is 373 g/mol. The van der Waals surface area contributed by atoms with E-state index in [9.17, 15) is 18.0 Å². The van der Waals surface area contributed by atoms with Crippen molar-refractivity contribution in [2.24, 2.45) is 0 Å². The predicted molar refractivity (Wildman–Crippen MR) is 98.9 cm³/mol. The van der Waals surface area contributed by atoms with Gasteiger partial charge in [-0.05, 0) is 48.2 Å². The van der Waals surface area contributed by atoms with Crippen molar-refractivity contribution in [1.82, 2.24) is 4.90 Å². The third-order valence-corrected chi connectivity index (χ3v) is 4.64. The van der Waals surface area contributed by atoms with Gasteiger partial charge in [0.1, 0.15) is 12.4 Å². The molecule has 3 rings (SSSR count). The highest BCUT2D eigenvalue weighted by Crippen LogP contribution is 2.28. The molecule has 0 unspecified atom stereocenters. The van der Waals surface area contributed by atoms with Crippen LogP contribution in [0, 0.1) is 0 Å². The van der Waals surface area contributed by atoms with Gasteiger partial charge >= 0.3 is 6.36 Å². The number of aliphatic hydroxyl groups excluding tert-OH is 1. The van der Waals surface area contributed by atoms with E-state index in [-0.39, 0.29) is 17.7 Å². The van der Waals surface area contributed by atoms with Crippen molar-refractivity contribution in [3.63, 3.8) is 0 Å². The highest BCUT2D eigenvalue weighted by Gasteiger charge is 2.31. The maximum atomic E-state index is 12.3. The van der Waals surface area contributed by atoms with Crippen molar-refractivity contribution >= 4 is 11.6 Å². The zero-order chi connectivity index (χ0) is 20.1. The molecule has 1 fully saturated rings.